The number of aromatic nitrogens is 2. The highest BCUT2D eigenvalue weighted by atomic mass is 32.1. The van der Waals surface area contributed by atoms with Gasteiger partial charge in [0.2, 0.25) is 5.91 Å². The van der Waals surface area contributed by atoms with Gasteiger partial charge in [0.15, 0.2) is 0 Å². The number of amides is 2. The van der Waals surface area contributed by atoms with Crippen LogP contribution in [0.1, 0.15) is 24.5 Å². The molecule has 0 bridgehead atoms. The second-order valence-electron chi connectivity index (χ2n) is 8.03. The van der Waals surface area contributed by atoms with Crippen molar-refractivity contribution in [3.63, 3.8) is 0 Å². The molecule has 2 amide bonds. The van der Waals surface area contributed by atoms with Crippen LogP contribution in [0.25, 0.3) is 22.5 Å². The maximum Gasteiger partial charge on any atom is 0.414 e. The zero-order valence-electron chi connectivity index (χ0n) is 17.9. The van der Waals surface area contributed by atoms with E-state index in [0.717, 1.165) is 53.2 Å². The van der Waals surface area contributed by atoms with Gasteiger partial charge < -0.3 is 14.8 Å². The SMILES string of the molecule is COc1cscc1-c1n[nH]c2c1CCCc1cc(N3C[C@H](CNC(C)=O)OC3=O)ccc1-2. The third-order valence-corrected chi connectivity index (χ3v) is 6.69. The highest BCUT2D eigenvalue weighted by molar-refractivity contribution is 7.08. The summed E-state index contributed by atoms with van der Waals surface area (Å²) < 4.78 is 10.9. The van der Waals surface area contributed by atoms with Gasteiger partial charge in [-0.3, -0.25) is 14.8 Å². The number of thiophene rings is 1. The van der Waals surface area contributed by atoms with Gasteiger partial charge in [0.1, 0.15) is 17.5 Å². The van der Waals surface area contributed by atoms with Crippen molar-refractivity contribution in [1.82, 2.24) is 15.5 Å². The van der Waals surface area contributed by atoms with Crippen LogP contribution in [0.3, 0.4) is 0 Å². The second kappa shape index (κ2) is 8.31. The number of hydrogen-bond acceptors (Lipinski definition) is 6. The predicted molar refractivity (Wildman–Crippen MR) is 122 cm³/mol. The number of H-pyrrole nitrogens is 1. The third kappa shape index (κ3) is 3.62. The number of aromatic amines is 1. The monoisotopic (exact) mass is 452 g/mol. The Bertz CT molecular complexity index is 1180. The summed E-state index contributed by atoms with van der Waals surface area (Å²) in [6, 6.07) is 6.07. The van der Waals surface area contributed by atoms with Gasteiger partial charge in [-0.2, -0.15) is 5.10 Å². The number of benzene rings is 1. The molecule has 5 rings (SSSR count). The molecule has 1 aliphatic carbocycles. The quantitative estimate of drug-likeness (QED) is 0.614. The first kappa shape index (κ1) is 20.6. The first-order valence-corrected chi connectivity index (χ1v) is 11.5. The minimum absolute atomic E-state index is 0.140. The second-order valence-corrected chi connectivity index (χ2v) is 8.77. The Morgan fingerprint density at radius 3 is 3.03 bits per heavy atom. The summed E-state index contributed by atoms with van der Waals surface area (Å²) in [6.07, 6.45) is 2.06. The van der Waals surface area contributed by atoms with E-state index in [1.807, 2.05) is 11.4 Å². The normalized spacial score (nSPS) is 17.4. The molecule has 1 fully saturated rings. The Balaban J connectivity index is 1.44. The van der Waals surface area contributed by atoms with Gasteiger partial charge in [-0.1, -0.05) is 6.07 Å². The van der Waals surface area contributed by atoms with Crippen LogP contribution in [0.15, 0.2) is 29.0 Å². The van der Waals surface area contributed by atoms with Crippen molar-refractivity contribution in [1.29, 1.82) is 0 Å². The molecule has 2 N–H and O–H groups in total. The maximum atomic E-state index is 12.4. The average molecular weight is 453 g/mol. The van der Waals surface area contributed by atoms with Crippen molar-refractivity contribution < 1.29 is 19.1 Å². The highest BCUT2D eigenvalue weighted by Gasteiger charge is 2.33. The Kier molecular flexibility index (Phi) is 5.34. The highest BCUT2D eigenvalue weighted by Crippen LogP contribution is 2.41. The van der Waals surface area contributed by atoms with Crippen molar-refractivity contribution >= 4 is 29.0 Å². The van der Waals surface area contributed by atoms with Crippen molar-refractivity contribution in [2.75, 3.05) is 25.1 Å². The molecule has 3 heterocycles. The Labute approximate surface area is 189 Å². The van der Waals surface area contributed by atoms with E-state index in [0.29, 0.717) is 13.1 Å². The predicted octanol–water partition coefficient (Wildman–Crippen LogP) is 3.76. The number of fused-ring (bicyclic) bond motifs is 3. The van der Waals surface area contributed by atoms with Crippen LogP contribution < -0.4 is 15.0 Å². The number of aryl methyl sites for hydroxylation is 1. The number of hydrogen-bond donors (Lipinski definition) is 2. The van der Waals surface area contributed by atoms with E-state index in [-0.39, 0.29) is 18.1 Å². The molecule has 1 aromatic carbocycles. The summed E-state index contributed by atoms with van der Waals surface area (Å²) in [5.74, 6) is 0.699. The van der Waals surface area contributed by atoms with E-state index in [9.17, 15) is 9.59 Å². The molecule has 32 heavy (non-hydrogen) atoms. The number of cyclic esters (lactones) is 1. The van der Waals surface area contributed by atoms with Crippen LogP contribution in [0, 0.1) is 0 Å². The summed E-state index contributed by atoms with van der Waals surface area (Å²) in [6.45, 7) is 2.18. The van der Waals surface area contributed by atoms with Gasteiger partial charge in [-0.25, -0.2) is 4.79 Å². The van der Waals surface area contributed by atoms with E-state index in [2.05, 4.69) is 33.0 Å². The molecule has 8 nitrogen and oxygen atoms in total. The third-order valence-electron chi connectivity index (χ3n) is 5.96. The molecule has 0 radical (unpaired) electrons. The number of ether oxygens (including phenoxy) is 2. The van der Waals surface area contributed by atoms with Gasteiger partial charge in [-0.05, 0) is 37.0 Å². The molecule has 3 aromatic rings. The summed E-state index contributed by atoms with van der Waals surface area (Å²) >= 11 is 1.60. The largest absolute Gasteiger partial charge is 0.495 e. The van der Waals surface area contributed by atoms with Crippen molar-refractivity contribution in [3.05, 3.63) is 40.1 Å². The molecule has 1 atom stereocenters. The van der Waals surface area contributed by atoms with Crippen LogP contribution in [0.4, 0.5) is 10.5 Å². The Morgan fingerprint density at radius 1 is 1.34 bits per heavy atom. The first-order chi connectivity index (χ1) is 15.5. The number of rotatable bonds is 5. The maximum absolute atomic E-state index is 12.4. The van der Waals surface area contributed by atoms with Crippen LogP contribution in [-0.2, 0) is 22.4 Å². The average Bonchev–Trinajstić information content (AvgIpc) is 3.47. The summed E-state index contributed by atoms with van der Waals surface area (Å²) in [4.78, 5) is 25.2. The molecule has 2 aliphatic rings. The van der Waals surface area contributed by atoms with E-state index in [1.165, 1.54) is 18.1 Å². The van der Waals surface area contributed by atoms with E-state index < -0.39 is 0 Å². The van der Waals surface area contributed by atoms with Crippen LogP contribution in [0.5, 0.6) is 5.75 Å². The minimum Gasteiger partial charge on any atom is -0.495 e. The smallest absolute Gasteiger partial charge is 0.414 e. The van der Waals surface area contributed by atoms with E-state index in [1.54, 1.807) is 23.3 Å². The van der Waals surface area contributed by atoms with Crippen LogP contribution >= 0.6 is 11.3 Å². The molecule has 0 unspecified atom stereocenters. The number of carbonyl (C=O) groups excluding carboxylic acids is 2. The summed E-state index contributed by atoms with van der Waals surface area (Å²) in [5, 5.41) is 14.6. The van der Waals surface area contributed by atoms with E-state index in [4.69, 9.17) is 9.47 Å². The zero-order valence-corrected chi connectivity index (χ0v) is 18.8. The molecule has 166 valence electrons. The molecule has 1 saturated heterocycles. The van der Waals surface area contributed by atoms with Crippen molar-refractivity contribution in [2.24, 2.45) is 0 Å². The lowest BCUT2D eigenvalue weighted by Gasteiger charge is -2.16. The first-order valence-electron chi connectivity index (χ1n) is 10.6. The van der Waals surface area contributed by atoms with Gasteiger partial charge >= 0.3 is 6.09 Å². The summed E-state index contributed by atoms with van der Waals surface area (Å²) in [5.41, 5.74) is 7.27. The topological polar surface area (TPSA) is 96.6 Å². The Hall–Kier alpha value is -3.33. The number of carbonyl (C=O) groups is 2. The molecule has 0 spiro atoms. The van der Waals surface area contributed by atoms with Gasteiger partial charge in [0.25, 0.3) is 0 Å². The zero-order chi connectivity index (χ0) is 22.2. The van der Waals surface area contributed by atoms with Gasteiger partial charge in [0, 0.05) is 34.5 Å². The lowest BCUT2D eigenvalue weighted by Crippen LogP contribution is -2.33. The number of nitrogens with zero attached hydrogens (tertiary/aromatic N) is 2. The number of methoxy groups -OCH3 is 1. The lowest BCUT2D eigenvalue weighted by atomic mass is 10.00. The molecular weight excluding hydrogens is 428 g/mol. The van der Waals surface area contributed by atoms with Gasteiger partial charge in [0.05, 0.1) is 31.5 Å². The molecule has 0 saturated carbocycles. The van der Waals surface area contributed by atoms with Gasteiger partial charge in [-0.15, -0.1) is 11.3 Å². The number of nitrogens with one attached hydrogen (secondary N) is 2. The van der Waals surface area contributed by atoms with Crippen LogP contribution in [0.2, 0.25) is 0 Å². The summed E-state index contributed by atoms with van der Waals surface area (Å²) in [7, 11) is 1.68. The van der Waals surface area contributed by atoms with Crippen molar-refractivity contribution in [3.8, 4) is 28.3 Å². The standard InChI is InChI=1S/C23H24N4O4S/c1-13(28)24-9-16-10-27(23(29)31-16)15-6-7-17-14(8-15)4-3-5-18-21(17)25-26-22(18)19-11-32-12-20(19)30-2/h6-8,11-12,16H,3-5,9-10H2,1-2H3,(H,24,28)(H,25,26)/t16-/m0/s1. The Morgan fingerprint density at radius 2 is 2.22 bits per heavy atom. The fraction of sp³-hybridized carbons (Fsp3) is 0.348. The fourth-order valence-electron chi connectivity index (χ4n) is 4.42. The molecule has 1 aliphatic heterocycles. The lowest BCUT2D eigenvalue weighted by molar-refractivity contribution is -0.119. The van der Waals surface area contributed by atoms with Crippen LogP contribution in [-0.4, -0.2) is 48.5 Å². The molecule has 2 aromatic heterocycles. The van der Waals surface area contributed by atoms with E-state index >= 15 is 0 Å². The van der Waals surface area contributed by atoms with Crippen molar-refractivity contribution in [2.45, 2.75) is 32.3 Å². The molecule has 9 heteroatoms. The fourth-order valence-corrected chi connectivity index (χ4v) is 5.20. The minimum atomic E-state index is -0.386. The molecular formula is C23H24N4O4S. The number of anilines is 1.